The maximum absolute atomic E-state index is 2.80. The summed E-state index contributed by atoms with van der Waals surface area (Å²) >= 11 is 0. The minimum atomic E-state index is 0.0820. The van der Waals surface area contributed by atoms with E-state index in [0.29, 0.717) is 6.04 Å². The molecule has 2 unspecified atom stereocenters. The lowest BCUT2D eigenvalue weighted by Gasteiger charge is -2.44. The first-order valence-corrected chi connectivity index (χ1v) is 8.23. The molecule has 1 nitrogen and oxygen atoms in total. The van der Waals surface area contributed by atoms with E-state index < -0.39 is 0 Å². The van der Waals surface area contributed by atoms with Crippen LogP contribution in [0, 0.1) is 5.92 Å². The van der Waals surface area contributed by atoms with Gasteiger partial charge in [-0.1, -0.05) is 48.5 Å². The summed E-state index contributed by atoms with van der Waals surface area (Å²) in [6, 6.07) is 18.8. The predicted molar refractivity (Wildman–Crippen MR) is 85.2 cm³/mol. The molecule has 0 amide bonds. The van der Waals surface area contributed by atoms with Gasteiger partial charge >= 0.3 is 0 Å². The van der Waals surface area contributed by atoms with Crippen molar-refractivity contribution in [1.82, 2.24) is 4.90 Å². The van der Waals surface area contributed by atoms with E-state index in [1.54, 1.807) is 16.7 Å². The average molecular weight is 275 g/mol. The largest absolute Gasteiger partial charge is 0.282 e. The highest BCUT2D eigenvalue weighted by Crippen LogP contribution is 2.56. The van der Waals surface area contributed by atoms with Crippen LogP contribution in [0.25, 0.3) is 0 Å². The van der Waals surface area contributed by atoms with E-state index in [0.717, 1.165) is 5.92 Å². The molecule has 106 valence electrons. The van der Waals surface area contributed by atoms with E-state index in [9.17, 15) is 0 Å². The Kier molecular flexibility index (Phi) is 2.27. The van der Waals surface area contributed by atoms with Crippen LogP contribution in [0.2, 0.25) is 0 Å². The van der Waals surface area contributed by atoms with Gasteiger partial charge in [-0.05, 0) is 54.4 Å². The molecule has 1 heteroatoms. The number of hydrogen-bond acceptors (Lipinski definition) is 1. The third-order valence-corrected chi connectivity index (χ3v) is 5.90. The molecule has 2 bridgehead atoms. The fourth-order valence-electron chi connectivity index (χ4n) is 4.66. The molecular weight excluding hydrogens is 254 g/mol. The molecular formula is C20H21N. The quantitative estimate of drug-likeness (QED) is 0.791. The van der Waals surface area contributed by atoms with Crippen molar-refractivity contribution in [3.8, 4) is 0 Å². The van der Waals surface area contributed by atoms with Gasteiger partial charge in [0, 0.05) is 12.6 Å². The van der Waals surface area contributed by atoms with Gasteiger partial charge in [-0.3, -0.25) is 4.90 Å². The standard InChI is InChI=1S/C20H21N/c1-20-17-8-4-2-6-15(17)12-19(21(20)13-14-10-11-14)16-7-3-5-9-18(16)20/h2-9,14,19H,10-13H2,1H3. The molecule has 2 atom stereocenters. The van der Waals surface area contributed by atoms with Gasteiger partial charge in [-0.15, -0.1) is 0 Å². The van der Waals surface area contributed by atoms with Crippen LogP contribution in [-0.4, -0.2) is 11.4 Å². The maximum atomic E-state index is 2.80. The Hall–Kier alpha value is -1.60. The van der Waals surface area contributed by atoms with Crippen LogP contribution in [0.5, 0.6) is 0 Å². The monoisotopic (exact) mass is 275 g/mol. The van der Waals surface area contributed by atoms with Crippen molar-refractivity contribution in [2.75, 3.05) is 6.54 Å². The predicted octanol–water partition coefficient (Wildman–Crippen LogP) is 4.27. The molecule has 0 radical (unpaired) electrons. The molecule has 2 aromatic carbocycles. The lowest BCUT2D eigenvalue weighted by molar-refractivity contribution is 0.0895. The topological polar surface area (TPSA) is 3.24 Å². The Balaban J connectivity index is 1.75. The van der Waals surface area contributed by atoms with Crippen LogP contribution in [0.15, 0.2) is 48.5 Å². The lowest BCUT2D eigenvalue weighted by Crippen LogP contribution is -2.46. The van der Waals surface area contributed by atoms with Crippen molar-refractivity contribution in [2.24, 2.45) is 5.92 Å². The van der Waals surface area contributed by atoms with Gasteiger partial charge in [-0.25, -0.2) is 0 Å². The van der Waals surface area contributed by atoms with Gasteiger partial charge in [0.15, 0.2) is 0 Å². The van der Waals surface area contributed by atoms with Crippen molar-refractivity contribution in [1.29, 1.82) is 0 Å². The van der Waals surface area contributed by atoms with Crippen LogP contribution in [0.4, 0.5) is 0 Å². The molecule has 2 aromatic rings. The van der Waals surface area contributed by atoms with Crippen LogP contribution in [0.1, 0.15) is 48.1 Å². The highest BCUT2D eigenvalue weighted by molar-refractivity contribution is 5.54. The number of fused-ring (bicyclic) bond motifs is 7. The van der Waals surface area contributed by atoms with Crippen LogP contribution in [0.3, 0.4) is 0 Å². The summed E-state index contributed by atoms with van der Waals surface area (Å²) in [6.07, 6.45) is 4.03. The average Bonchev–Trinajstić information content (AvgIpc) is 3.31. The zero-order valence-electron chi connectivity index (χ0n) is 12.5. The van der Waals surface area contributed by atoms with Gasteiger partial charge in [0.2, 0.25) is 0 Å². The first kappa shape index (κ1) is 12.0. The second kappa shape index (κ2) is 3.98. The summed E-state index contributed by atoms with van der Waals surface area (Å²) in [5, 5.41) is 0. The van der Waals surface area contributed by atoms with E-state index in [4.69, 9.17) is 0 Å². The molecule has 1 aliphatic carbocycles. The molecule has 1 saturated carbocycles. The van der Waals surface area contributed by atoms with Crippen molar-refractivity contribution in [3.05, 3.63) is 70.8 Å². The van der Waals surface area contributed by atoms with E-state index in [1.165, 1.54) is 31.4 Å². The van der Waals surface area contributed by atoms with E-state index >= 15 is 0 Å². The number of nitrogens with zero attached hydrogens (tertiary/aromatic N) is 1. The van der Waals surface area contributed by atoms with E-state index in [1.807, 2.05) is 0 Å². The molecule has 5 rings (SSSR count). The molecule has 21 heavy (non-hydrogen) atoms. The molecule has 2 aliphatic heterocycles. The first-order chi connectivity index (χ1) is 10.3. The molecule has 0 spiro atoms. The third-order valence-electron chi connectivity index (χ3n) is 5.90. The van der Waals surface area contributed by atoms with E-state index in [2.05, 4.69) is 60.4 Å². The normalized spacial score (nSPS) is 30.0. The zero-order valence-corrected chi connectivity index (χ0v) is 12.5. The third kappa shape index (κ3) is 1.50. The van der Waals surface area contributed by atoms with Crippen molar-refractivity contribution >= 4 is 0 Å². The fraction of sp³-hybridized carbons (Fsp3) is 0.400. The molecule has 0 saturated heterocycles. The number of benzene rings is 2. The maximum Gasteiger partial charge on any atom is 0.0698 e. The molecule has 1 fully saturated rings. The lowest BCUT2D eigenvalue weighted by atomic mass is 9.80. The molecule has 0 aromatic heterocycles. The minimum absolute atomic E-state index is 0.0820. The van der Waals surface area contributed by atoms with Crippen LogP contribution in [-0.2, 0) is 12.0 Å². The number of hydrogen-bond donors (Lipinski definition) is 0. The molecule has 3 aliphatic rings. The Morgan fingerprint density at radius 1 is 1.00 bits per heavy atom. The summed E-state index contributed by atoms with van der Waals surface area (Å²) in [5.41, 5.74) is 6.27. The Morgan fingerprint density at radius 2 is 1.71 bits per heavy atom. The number of rotatable bonds is 2. The van der Waals surface area contributed by atoms with Crippen molar-refractivity contribution < 1.29 is 0 Å². The fourth-order valence-corrected chi connectivity index (χ4v) is 4.66. The summed E-state index contributed by atoms with van der Waals surface area (Å²) in [7, 11) is 0. The second-order valence-corrected chi connectivity index (χ2v) is 7.13. The zero-order chi connectivity index (χ0) is 14.0. The van der Waals surface area contributed by atoms with Gasteiger partial charge in [0.25, 0.3) is 0 Å². The smallest absolute Gasteiger partial charge is 0.0698 e. The highest BCUT2D eigenvalue weighted by Gasteiger charge is 2.52. The van der Waals surface area contributed by atoms with Gasteiger partial charge in [0.05, 0.1) is 5.54 Å². The highest BCUT2D eigenvalue weighted by atomic mass is 15.3. The SMILES string of the molecule is CC12c3ccccc3CC(c3ccccc31)N2CC1CC1. The molecule has 2 heterocycles. The van der Waals surface area contributed by atoms with Crippen LogP contribution >= 0.6 is 0 Å². The van der Waals surface area contributed by atoms with E-state index in [-0.39, 0.29) is 5.54 Å². The summed E-state index contributed by atoms with van der Waals surface area (Å²) in [6.45, 7) is 3.72. The summed E-state index contributed by atoms with van der Waals surface area (Å²) in [5.74, 6) is 0.936. The Labute approximate surface area is 126 Å². The van der Waals surface area contributed by atoms with Crippen molar-refractivity contribution in [3.63, 3.8) is 0 Å². The van der Waals surface area contributed by atoms with Gasteiger partial charge in [-0.2, -0.15) is 0 Å². The Morgan fingerprint density at radius 3 is 2.52 bits per heavy atom. The first-order valence-electron chi connectivity index (χ1n) is 8.23. The second-order valence-electron chi connectivity index (χ2n) is 7.13. The Bertz CT molecular complexity index is 702. The van der Waals surface area contributed by atoms with Crippen molar-refractivity contribution in [2.45, 2.75) is 37.8 Å². The van der Waals surface area contributed by atoms with Crippen LogP contribution < -0.4 is 0 Å². The molecule has 0 N–H and O–H groups in total. The minimum Gasteiger partial charge on any atom is -0.282 e. The summed E-state index contributed by atoms with van der Waals surface area (Å²) < 4.78 is 0. The van der Waals surface area contributed by atoms with Gasteiger partial charge in [0.1, 0.15) is 0 Å². The van der Waals surface area contributed by atoms with Gasteiger partial charge < -0.3 is 0 Å². The summed E-state index contributed by atoms with van der Waals surface area (Å²) in [4.78, 5) is 2.80.